The van der Waals surface area contributed by atoms with Crippen LogP contribution in [-0.4, -0.2) is 49.0 Å². The number of rotatable bonds is 5. The number of nitrogens with zero attached hydrogens (tertiary/aromatic N) is 2. The van der Waals surface area contributed by atoms with Crippen molar-refractivity contribution >= 4 is 21.6 Å². The molecule has 1 heterocycles. The Morgan fingerprint density at radius 1 is 1.50 bits per heavy atom. The molecule has 0 aromatic carbocycles. The summed E-state index contributed by atoms with van der Waals surface area (Å²) in [6.07, 6.45) is 2.71. The first-order valence-corrected chi connectivity index (χ1v) is 9.30. The second kappa shape index (κ2) is 5.40. The summed E-state index contributed by atoms with van der Waals surface area (Å²) in [6.45, 7) is 3.34. The molecule has 0 spiro atoms. The highest BCUT2D eigenvalue weighted by Gasteiger charge is 2.46. The van der Waals surface area contributed by atoms with E-state index in [9.17, 15) is 8.42 Å². The maximum atomic E-state index is 12.1. The van der Waals surface area contributed by atoms with Gasteiger partial charge in [-0.15, -0.1) is 0 Å². The van der Waals surface area contributed by atoms with Crippen LogP contribution in [0.5, 0.6) is 0 Å². The molecule has 0 radical (unpaired) electrons. The third-order valence-corrected chi connectivity index (χ3v) is 7.29. The molecule has 18 heavy (non-hydrogen) atoms. The Morgan fingerprint density at radius 3 is 2.78 bits per heavy atom. The maximum Gasteiger partial charge on any atom is 0.166 e. The Bertz CT molecular complexity index is 437. The van der Waals surface area contributed by atoms with Crippen molar-refractivity contribution in [3.8, 4) is 6.07 Å². The first-order valence-electron chi connectivity index (χ1n) is 6.43. The summed E-state index contributed by atoms with van der Waals surface area (Å²) >= 11 is 1.72. The lowest BCUT2D eigenvalue weighted by atomic mass is 10.0. The lowest BCUT2D eigenvalue weighted by molar-refractivity contribution is 0.217. The second-order valence-electron chi connectivity index (χ2n) is 5.29. The minimum absolute atomic E-state index is 0.0955. The van der Waals surface area contributed by atoms with Gasteiger partial charge in [0, 0.05) is 36.8 Å². The number of sulfone groups is 1. The lowest BCUT2D eigenvalue weighted by Crippen LogP contribution is -2.49. The molecule has 2 rings (SSSR count). The van der Waals surface area contributed by atoms with Crippen molar-refractivity contribution in [2.75, 3.05) is 30.3 Å². The van der Waals surface area contributed by atoms with E-state index in [-0.39, 0.29) is 16.5 Å². The topological polar surface area (TPSA) is 61.2 Å². The number of hydrogen-bond acceptors (Lipinski definition) is 5. The fraction of sp³-hybridized carbons (Fsp3) is 0.917. The van der Waals surface area contributed by atoms with Crippen LogP contribution in [0.1, 0.15) is 26.2 Å². The summed E-state index contributed by atoms with van der Waals surface area (Å²) in [6, 6.07) is 2.25. The summed E-state index contributed by atoms with van der Waals surface area (Å²) in [5.41, 5.74) is 0.0955. The standard InChI is InChI=1S/C12H20N2O2S2/c1-2-18(15,16)11-9-17-8-7-14(11)10-12(3-4-12)5-6-13/h11H,2-5,7-10H2,1H3. The number of nitriles is 1. The maximum absolute atomic E-state index is 12.1. The lowest BCUT2D eigenvalue weighted by Gasteiger charge is -2.36. The first-order chi connectivity index (χ1) is 8.53. The van der Waals surface area contributed by atoms with Gasteiger partial charge in [-0.2, -0.15) is 17.0 Å². The van der Waals surface area contributed by atoms with Crippen LogP contribution in [0.15, 0.2) is 0 Å². The van der Waals surface area contributed by atoms with Crippen molar-refractivity contribution in [1.29, 1.82) is 5.26 Å². The van der Waals surface area contributed by atoms with Gasteiger partial charge in [0.15, 0.2) is 9.84 Å². The molecule has 1 saturated carbocycles. The summed E-state index contributed by atoms with van der Waals surface area (Å²) in [5.74, 6) is 1.89. The van der Waals surface area contributed by atoms with Crippen LogP contribution in [0, 0.1) is 16.7 Å². The van der Waals surface area contributed by atoms with Crippen LogP contribution in [0.3, 0.4) is 0 Å². The van der Waals surface area contributed by atoms with Crippen molar-refractivity contribution < 1.29 is 8.42 Å². The average molecular weight is 288 g/mol. The highest BCUT2D eigenvalue weighted by Crippen LogP contribution is 2.49. The van der Waals surface area contributed by atoms with Gasteiger partial charge in [0.25, 0.3) is 0 Å². The van der Waals surface area contributed by atoms with Crippen LogP contribution in [0.4, 0.5) is 0 Å². The molecule has 1 aliphatic heterocycles. The molecule has 6 heteroatoms. The predicted molar refractivity (Wildman–Crippen MR) is 74.0 cm³/mol. The van der Waals surface area contributed by atoms with Crippen molar-refractivity contribution in [2.24, 2.45) is 5.41 Å². The number of hydrogen-bond donors (Lipinski definition) is 0. The molecule has 0 N–H and O–H groups in total. The molecule has 0 bridgehead atoms. The fourth-order valence-corrected chi connectivity index (χ4v) is 5.57. The Morgan fingerprint density at radius 2 is 2.22 bits per heavy atom. The molecule has 1 saturated heterocycles. The van der Waals surface area contributed by atoms with Gasteiger partial charge < -0.3 is 0 Å². The van der Waals surface area contributed by atoms with Gasteiger partial charge in [-0.3, -0.25) is 4.90 Å². The largest absolute Gasteiger partial charge is 0.285 e. The number of thioether (sulfide) groups is 1. The van der Waals surface area contributed by atoms with E-state index in [4.69, 9.17) is 5.26 Å². The van der Waals surface area contributed by atoms with Crippen LogP contribution in [0.25, 0.3) is 0 Å². The molecule has 1 unspecified atom stereocenters. The van der Waals surface area contributed by atoms with E-state index in [1.165, 1.54) is 0 Å². The van der Waals surface area contributed by atoms with Crippen molar-refractivity contribution in [2.45, 2.75) is 31.6 Å². The fourth-order valence-electron chi connectivity index (χ4n) is 2.49. The predicted octanol–water partition coefficient (Wildman–Crippen LogP) is 1.49. The Kier molecular flexibility index (Phi) is 4.25. The van der Waals surface area contributed by atoms with Crippen molar-refractivity contribution in [3.05, 3.63) is 0 Å². The van der Waals surface area contributed by atoms with E-state index in [1.807, 2.05) is 0 Å². The monoisotopic (exact) mass is 288 g/mol. The van der Waals surface area contributed by atoms with E-state index in [0.717, 1.165) is 31.7 Å². The van der Waals surface area contributed by atoms with Gasteiger partial charge in [0.1, 0.15) is 5.37 Å². The van der Waals surface area contributed by atoms with E-state index in [2.05, 4.69) is 11.0 Å². The van der Waals surface area contributed by atoms with Crippen LogP contribution >= 0.6 is 11.8 Å². The minimum Gasteiger partial charge on any atom is -0.285 e. The zero-order valence-electron chi connectivity index (χ0n) is 10.8. The molecule has 0 aromatic rings. The smallest absolute Gasteiger partial charge is 0.166 e. The Hall–Kier alpha value is -0.250. The molecular formula is C12H20N2O2S2. The Balaban J connectivity index is 2.07. The summed E-state index contributed by atoms with van der Waals surface area (Å²) < 4.78 is 24.2. The molecule has 1 aliphatic carbocycles. The van der Waals surface area contributed by atoms with Gasteiger partial charge in [-0.1, -0.05) is 6.92 Å². The SMILES string of the molecule is CCS(=O)(=O)C1CSCCN1CC1(CC#N)CC1. The highest BCUT2D eigenvalue weighted by molar-refractivity contribution is 8.01. The van der Waals surface area contributed by atoms with E-state index in [1.54, 1.807) is 18.7 Å². The molecular weight excluding hydrogens is 268 g/mol. The molecule has 2 aliphatic rings. The molecule has 0 aromatic heterocycles. The zero-order valence-corrected chi connectivity index (χ0v) is 12.4. The summed E-state index contributed by atoms with van der Waals surface area (Å²) in [5, 5.41) is 8.52. The van der Waals surface area contributed by atoms with Crippen LogP contribution in [0.2, 0.25) is 0 Å². The third-order valence-electron chi connectivity index (χ3n) is 3.96. The van der Waals surface area contributed by atoms with Gasteiger partial charge in [0.2, 0.25) is 0 Å². The first kappa shape index (κ1) is 14.2. The average Bonchev–Trinajstić information content (AvgIpc) is 3.10. The van der Waals surface area contributed by atoms with Gasteiger partial charge in [0.05, 0.1) is 6.07 Å². The molecule has 1 atom stereocenters. The second-order valence-corrected chi connectivity index (χ2v) is 8.88. The normalized spacial score (nSPS) is 27.7. The van der Waals surface area contributed by atoms with E-state index < -0.39 is 9.84 Å². The summed E-state index contributed by atoms with van der Waals surface area (Å²) in [4.78, 5) is 2.11. The zero-order chi connectivity index (χ0) is 13.2. The molecule has 4 nitrogen and oxygen atoms in total. The third kappa shape index (κ3) is 3.01. The van der Waals surface area contributed by atoms with E-state index in [0.29, 0.717) is 12.2 Å². The summed E-state index contributed by atoms with van der Waals surface area (Å²) in [7, 11) is -3.01. The quantitative estimate of drug-likeness (QED) is 0.767. The van der Waals surface area contributed by atoms with Crippen LogP contribution < -0.4 is 0 Å². The van der Waals surface area contributed by atoms with Crippen molar-refractivity contribution in [3.63, 3.8) is 0 Å². The molecule has 2 fully saturated rings. The molecule has 0 amide bonds. The highest BCUT2D eigenvalue weighted by atomic mass is 32.2. The van der Waals surface area contributed by atoms with Gasteiger partial charge >= 0.3 is 0 Å². The molecule has 102 valence electrons. The van der Waals surface area contributed by atoms with Crippen LogP contribution in [-0.2, 0) is 9.84 Å². The Labute approximate surface area is 114 Å². The van der Waals surface area contributed by atoms with Crippen molar-refractivity contribution in [1.82, 2.24) is 4.90 Å². The van der Waals surface area contributed by atoms with Gasteiger partial charge in [-0.25, -0.2) is 8.42 Å². The van der Waals surface area contributed by atoms with Gasteiger partial charge in [-0.05, 0) is 18.3 Å². The van der Waals surface area contributed by atoms with E-state index >= 15 is 0 Å². The minimum atomic E-state index is -3.01.